The van der Waals surface area contributed by atoms with Gasteiger partial charge in [-0.15, -0.1) is 0 Å². The molecule has 1 aromatic rings. The molecule has 0 spiro atoms. The molecule has 3 heterocycles. The molecule has 0 radical (unpaired) electrons. The third-order valence-corrected chi connectivity index (χ3v) is 6.22. The number of hydrogen-bond donors (Lipinski definition) is 1. The second kappa shape index (κ2) is 6.84. The first-order valence-electron chi connectivity index (χ1n) is 8.06. The van der Waals surface area contributed by atoms with E-state index in [-0.39, 0.29) is 10.8 Å². The first kappa shape index (κ1) is 16.2. The second-order valence-corrected chi connectivity index (χ2v) is 7.78. The van der Waals surface area contributed by atoms with Gasteiger partial charge >= 0.3 is 0 Å². The molecule has 7 nitrogen and oxygen atoms in total. The van der Waals surface area contributed by atoms with Crippen molar-refractivity contribution in [3.63, 3.8) is 0 Å². The Morgan fingerprint density at radius 2 is 1.87 bits per heavy atom. The lowest BCUT2D eigenvalue weighted by Gasteiger charge is -2.29. The first-order valence-corrected chi connectivity index (χ1v) is 9.50. The van der Waals surface area contributed by atoms with E-state index in [0.717, 1.165) is 19.3 Å². The van der Waals surface area contributed by atoms with Crippen LogP contribution in [0.1, 0.15) is 25.7 Å². The number of aromatic nitrogens is 1. The Labute approximate surface area is 136 Å². The van der Waals surface area contributed by atoms with E-state index >= 15 is 0 Å². The summed E-state index contributed by atoms with van der Waals surface area (Å²) in [5.74, 6) is 0.443. The zero-order valence-electron chi connectivity index (χ0n) is 13.1. The van der Waals surface area contributed by atoms with E-state index in [2.05, 4.69) is 10.3 Å². The summed E-state index contributed by atoms with van der Waals surface area (Å²) in [4.78, 5) is 17.9. The summed E-state index contributed by atoms with van der Waals surface area (Å²) in [6.07, 6.45) is 4.82. The van der Waals surface area contributed by atoms with Gasteiger partial charge in [0.05, 0.1) is 0 Å². The van der Waals surface area contributed by atoms with E-state index in [1.165, 1.54) is 0 Å². The fraction of sp³-hybridized carbons (Fsp3) is 0.600. The summed E-state index contributed by atoms with van der Waals surface area (Å²) in [5.41, 5.74) is 0. The van der Waals surface area contributed by atoms with Crippen molar-refractivity contribution in [2.75, 3.05) is 37.6 Å². The second-order valence-electron chi connectivity index (χ2n) is 5.88. The standard InChI is InChI=1S/C15H22N4O3S/c20-14-6-11-18(12-8-16-14)15-13(5-4-7-17-15)23(21,22)19-9-2-1-3-10-19/h4-5,7H,1-3,6,8-12H2,(H,16,20). The van der Waals surface area contributed by atoms with Crippen LogP contribution in [0.15, 0.2) is 23.2 Å². The van der Waals surface area contributed by atoms with Crippen molar-refractivity contribution >= 4 is 21.7 Å². The van der Waals surface area contributed by atoms with Gasteiger partial charge in [-0.25, -0.2) is 13.4 Å². The lowest BCUT2D eigenvalue weighted by atomic mass is 10.2. The van der Waals surface area contributed by atoms with E-state index in [1.807, 2.05) is 4.90 Å². The molecule has 0 aromatic carbocycles. The summed E-state index contributed by atoms with van der Waals surface area (Å²) in [6, 6.07) is 3.27. The topological polar surface area (TPSA) is 82.6 Å². The number of rotatable bonds is 3. The highest BCUT2D eigenvalue weighted by molar-refractivity contribution is 7.89. The molecule has 1 N–H and O–H groups in total. The maximum Gasteiger partial charge on any atom is 0.246 e. The molecular formula is C15H22N4O3S. The van der Waals surface area contributed by atoms with Crippen LogP contribution >= 0.6 is 0 Å². The molecular weight excluding hydrogens is 316 g/mol. The van der Waals surface area contributed by atoms with Gasteiger partial charge in [0.2, 0.25) is 15.9 Å². The van der Waals surface area contributed by atoms with Crippen molar-refractivity contribution in [1.29, 1.82) is 0 Å². The summed E-state index contributed by atoms with van der Waals surface area (Å²) >= 11 is 0. The van der Waals surface area contributed by atoms with Gasteiger partial charge in [-0.2, -0.15) is 4.31 Å². The van der Waals surface area contributed by atoms with E-state index in [0.29, 0.717) is 45.0 Å². The molecule has 126 valence electrons. The van der Waals surface area contributed by atoms with Crippen molar-refractivity contribution in [3.8, 4) is 0 Å². The molecule has 0 saturated carbocycles. The van der Waals surface area contributed by atoms with E-state index < -0.39 is 10.0 Å². The van der Waals surface area contributed by atoms with Crippen molar-refractivity contribution < 1.29 is 13.2 Å². The van der Waals surface area contributed by atoms with Crippen molar-refractivity contribution in [2.45, 2.75) is 30.6 Å². The van der Waals surface area contributed by atoms with Gasteiger partial charge in [-0.3, -0.25) is 4.79 Å². The average molecular weight is 338 g/mol. The Morgan fingerprint density at radius 3 is 2.65 bits per heavy atom. The van der Waals surface area contributed by atoms with Crippen LogP contribution in [0, 0.1) is 0 Å². The molecule has 0 unspecified atom stereocenters. The molecule has 23 heavy (non-hydrogen) atoms. The number of nitrogens with zero attached hydrogens (tertiary/aromatic N) is 3. The molecule has 0 atom stereocenters. The van der Waals surface area contributed by atoms with Crippen LogP contribution in [0.2, 0.25) is 0 Å². The van der Waals surface area contributed by atoms with Gasteiger partial charge < -0.3 is 10.2 Å². The van der Waals surface area contributed by atoms with Crippen LogP contribution in [0.5, 0.6) is 0 Å². The summed E-state index contributed by atoms with van der Waals surface area (Å²) < 4.78 is 27.5. The highest BCUT2D eigenvalue weighted by atomic mass is 32.2. The fourth-order valence-electron chi connectivity index (χ4n) is 3.04. The van der Waals surface area contributed by atoms with Gasteiger partial charge in [-0.1, -0.05) is 6.42 Å². The Balaban J connectivity index is 1.92. The fourth-order valence-corrected chi connectivity index (χ4v) is 4.72. The normalized spacial score (nSPS) is 20.9. The zero-order chi connectivity index (χ0) is 16.3. The summed E-state index contributed by atoms with van der Waals surface area (Å²) in [6.45, 7) is 2.67. The Kier molecular flexibility index (Phi) is 4.82. The highest BCUT2D eigenvalue weighted by Crippen LogP contribution is 2.27. The van der Waals surface area contributed by atoms with Crippen LogP contribution < -0.4 is 10.2 Å². The van der Waals surface area contributed by atoms with Crippen LogP contribution in [-0.2, 0) is 14.8 Å². The lowest BCUT2D eigenvalue weighted by Crippen LogP contribution is -2.37. The number of carbonyl (C=O) groups excluding carboxylic acids is 1. The first-order chi connectivity index (χ1) is 11.1. The minimum atomic E-state index is -3.54. The monoisotopic (exact) mass is 338 g/mol. The maximum atomic E-state index is 13.0. The van der Waals surface area contributed by atoms with Crippen molar-refractivity contribution in [3.05, 3.63) is 18.3 Å². The molecule has 1 aromatic heterocycles. The molecule has 2 fully saturated rings. The van der Waals surface area contributed by atoms with Crippen LogP contribution in [0.3, 0.4) is 0 Å². The Hall–Kier alpha value is -1.67. The van der Waals surface area contributed by atoms with Gasteiger partial charge in [-0.05, 0) is 25.0 Å². The van der Waals surface area contributed by atoms with E-state index in [9.17, 15) is 13.2 Å². The van der Waals surface area contributed by atoms with E-state index in [4.69, 9.17) is 0 Å². The predicted molar refractivity (Wildman–Crippen MR) is 86.7 cm³/mol. The molecule has 1 amide bonds. The maximum absolute atomic E-state index is 13.0. The molecule has 8 heteroatoms. The Morgan fingerprint density at radius 1 is 1.09 bits per heavy atom. The average Bonchev–Trinajstić information content (AvgIpc) is 2.80. The predicted octanol–water partition coefficient (Wildman–Crippen LogP) is 0.583. The minimum Gasteiger partial charge on any atom is -0.354 e. The largest absolute Gasteiger partial charge is 0.354 e. The molecule has 0 aliphatic carbocycles. The smallest absolute Gasteiger partial charge is 0.246 e. The minimum absolute atomic E-state index is 0.0103. The van der Waals surface area contributed by atoms with E-state index in [1.54, 1.807) is 22.6 Å². The Bertz CT molecular complexity index is 671. The van der Waals surface area contributed by atoms with Crippen LogP contribution in [0.25, 0.3) is 0 Å². The third-order valence-electron chi connectivity index (χ3n) is 4.30. The van der Waals surface area contributed by atoms with Crippen molar-refractivity contribution in [2.24, 2.45) is 0 Å². The lowest BCUT2D eigenvalue weighted by molar-refractivity contribution is -0.120. The van der Waals surface area contributed by atoms with Crippen molar-refractivity contribution in [1.82, 2.24) is 14.6 Å². The number of anilines is 1. The zero-order valence-corrected chi connectivity index (χ0v) is 13.9. The molecule has 0 bridgehead atoms. The number of pyridine rings is 1. The number of hydrogen-bond acceptors (Lipinski definition) is 5. The number of carbonyl (C=O) groups is 1. The highest BCUT2D eigenvalue weighted by Gasteiger charge is 2.30. The molecule has 3 rings (SSSR count). The number of amides is 1. The molecule has 2 aliphatic heterocycles. The van der Waals surface area contributed by atoms with Gasteiger partial charge in [0.1, 0.15) is 10.7 Å². The van der Waals surface area contributed by atoms with Gasteiger partial charge in [0.15, 0.2) is 0 Å². The van der Waals surface area contributed by atoms with Crippen LogP contribution in [0.4, 0.5) is 5.82 Å². The van der Waals surface area contributed by atoms with Crippen LogP contribution in [-0.4, -0.2) is 56.3 Å². The third kappa shape index (κ3) is 3.48. The number of piperidine rings is 1. The van der Waals surface area contributed by atoms with Gasteiger partial charge in [0, 0.05) is 45.3 Å². The number of sulfonamides is 1. The quantitative estimate of drug-likeness (QED) is 0.872. The molecule has 2 saturated heterocycles. The number of nitrogens with one attached hydrogen (secondary N) is 1. The SMILES string of the molecule is O=C1CCN(c2ncccc2S(=O)(=O)N2CCCCC2)CCN1. The molecule has 2 aliphatic rings. The summed E-state index contributed by atoms with van der Waals surface area (Å²) in [5, 5.41) is 2.80. The van der Waals surface area contributed by atoms with Gasteiger partial charge in [0.25, 0.3) is 0 Å². The summed E-state index contributed by atoms with van der Waals surface area (Å²) in [7, 11) is -3.54.